The molecule has 39 heavy (non-hydrogen) atoms. The van der Waals surface area contributed by atoms with Crippen molar-refractivity contribution < 1.29 is 14.4 Å². The van der Waals surface area contributed by atoms with E-state index in [-0.39, 0.29) is 24.3 Å². The van der Waals surface area contributed by atoms with Gasteiger partial charge >= 0.3 is 0 Å². The van der Waals surface area contributed by atoms with Crippen LogP contribution < -0.4 is 20.9 Å². The number of nitrogens with zero attached hydrogens (tertiary/aromatic N) is 1. The molecular formula is C32H32N4O3. The molecule has 0 aliphatic rings. The Labute approximate surface area is 228 Å². The van der Waals surface area contributed by atoms with E-state index in [4.69, 9.17) is 0 Å². The van der Waals surface area contributed by atoms with Crippen molar-refractivity contribution in [1.29, 1.82) is 0 Å². The summed E-state index contributed by atoms with van der Waals surface area (Å²) >= 11 is 0. The molecule has 7 nitrogen and oxygen atoms in total. The molecule has 7 heteroatoms. The molecule has 0 unspecified atom stereocenters. The molecule has 0 aromatic heterocycles. The molecule has 0 saturated carbocycles. The van der Waals surface area contributed by atoms with Crippen LogP contribution in [0.15, 0.2) is 109 Å². The standard InChI is InChI=1S/C32H32N4O3/c1-2-36(29-14-7-4-8-15-29)32(39)25-17-19-26(20-18-25)33-23-31(38)35-28-13-9-12-27(22-28)34-30(37)21-16-24-10-5-3-6-11-24/h3-15,17-20,22,33H,2,16,21,23H2,1H3,(H,34,37)(H,35,38). The summed E-state index contributed by atoms with van der Waals surface area (Å²) in [7, 11) is 0. The number of hydrogen-bond donors (Lipinski definition) is 3. The zero-order valence-electron chi connectivity index (χ0n) is 21.9. The minimum atomic E-state index is -0.232. The van der Waals surface area contributed by atoms with Crippen molar-refractivity contribution in [2.45, 2.75) is 19.8 Å². The average Bonchev–Trinajstić information content (AvgIpc) is 2.97. The first-order valence-corrected chi connectivity index (χ1v) is 13.0. The molecule has 3 amide bonds. The zero-order valence-corrected chi connectivity index (χ0v) is 21.9. The number of carbonyl (C=O) groups is 3. The average molecular weight is 521 g/mol. The largest absolute Gasteiger partial charge is 0.376 e. The second-order valence-electron chi connectivity index (χ2n) is 8.98. The Hall–Kier alpha value is -4.91. The van der Waals surface area contributed by atoms with Gasteiger partial charge in [-0.2, -0.15) is 0 Å². The van der Waals surface area contributed by atoms with Gasteiger partial charge in [-0.1, -0.05) is 54.6 Å². The molecule has 0 bridgehead atoms. The first-order chi connectivity index (χ1) is 19.0. The molecule has 198 valence electrons. The molecule has 0 heterocycles. The number of nitrogens with one attached hydrogen (secondary N) is 3. The number of para-hydroxylation sites is 1. The predicted octanol–water partition coefficient (Wildman–Crippen LogP) is 5.98. The SMILES string of the molecule is CCN(C(=O)c1ccc(NCC(=O)Nc2cccc(NC(=O)CCc3ccccc3)c2)cc1)c1ccccc1. The van der Waals surface area contributed by atoms with Gasteiger partial charge in [-0.25, -0.2) is 0 Å². The van der Waals surface area contributed by atoms with Crippen LogP contribution in [0, 0.1) is 0 Å². The van der Waals surface area contributed by atoms with Crippen molar-refractivity contribution in [3.05, 3.63) is 120 Å². The minimum absolute atomic E-state index is 0.0477. The van der Waals surface area contributed by atoms with Crippen molar-refractivity contribution in [2.75, 3.05) is 33.9 Å². The number of benzene rings is 4. The Balaban J connectivity index is 1.25. The molecule has 0 fully saturated rings. The van der Waals surface area contributed by atoms with Crippen molar-refractivity contribution in [3.63, 3.8) is 0 Å². The van der Waals surface area contributed by atoms with Gasteiger partial charge < -0.3 is 20.9 Å². The summed E-state index contributed by atoms with van der Waals surface area (Å²) in [5.74, 6) is -0.402. The normalized spacial score (nSPS) is 10.4. The fourth-order valence-corrected chi connectivity index (χ4v) is 4.13. The van der Waals surface area contributed by atoms with Crippen molar-refractivity contribution in [2.24, 2.45) is 0 Å². The lowest BCUT2D eigenvalue weighted by molar-refractivity contribution is -0.116. The van der Waals surface area contributed by atoms with E-state index in [1.807, 2.05) is 67.6 Å². The number of carbonyl (C=O) groups excluding carboxylic acids is 3. The Kier molecular flexibility index (Phi) is 9.45. The number of aryl methyl sites for hydroxylation is 1. The lowest BCUT2D eigenvalue weighted by atomic mass is 10.1. The fraction of sp³-hybridized carbons (Fsp3) is 0.156. The van der Waals surface area contributed by atoms with Crippen molar-refractivity contribution in [3.8, 4) is 0 Å². The maximum absolute atomic E-state index is 13.0. The van der Waals surface area contributed by atoms with Crippen molar-refractivity contribution in [1.82, 2.24) is 0 Å². The van der Waals surface area contributed by atoms with Crippen LogP contribution in [0.25, 0.3) is 0 Å². The first kappa shape index (κ1) is 27.1. The molecule has 0 aliphatic heterocycles. The number of rotatable bonds is 11. The highest BCUT2D eigenvalue weighted by atomic mass is 16.2. The molecule has 0 aliphatic carbocycles. The maximum atomic E-state index is 13.0. The quantitative estimate of drug-likeness (QED) is 0.227. The van der Waals surface area contributed by atoms with Crippen LogP contribution in [0.1, 0.15) is 29.3 Å². The second-order valence-corrected chi connectivity index (χ2v) is 8.98. The Morgan fingerprint density at radius 1 is 0.667 bits per heavy atom. The second kappa shape index (κ2) is 13.6. The van der Waals surface area contributed by atoms with E-state index in [1.165, 1.54) is 0 Å². The van der Waals surface area contributed by atoms with Gasteiger partial charge in [0.2, 0.25) is 11.8 Å². The third kappa shape index (κ3) is 8.04. The van der Waals surface area contributed by atoms with E-state index in [0.717, 1.165) is 16.9 Å². The van der Waals surface area contributed by atoms with E-state index in [2.05, 4.69) is 16.0 Å². The lowest BCUT2D eigenvalue weighted by Crippen LogP contribution is -2.30. The maximum Gasteiger partial charge on any atom is 0.258 e. The zero-order chi connectivity index (χ0) is 27.5. The van der Waals surface area contributed by atoms with Crippen LogP contribution in [-0.2, 0) is 16.0 Å². The fourth-order valence-electron chi connectivity index (χ4n) is 4.13. The van der Waals surface area contributed by atoms with Gasteiger partial charge in [0.15, 0.2) is 0 Å². The molecule has 4 aromatic rings. The van der Waals surface area contributed by atoms with Gasteiger partial charge in [-0.15, -0.1) is 0 Å². The third-order valence-electron chi connectivity index (χ3n) is 6.13. The van der Waals surface area contributed by atoms with Gasteiger partial charge in [0.25, 0.3) is 5.91 Å². The number of anilines is 4. The van der Waals surface area contributed by atoms with E-state index < -0.39 is 0 Å². The van der Waals surface area contributed by atoms with Gasteiger partial charge in [-0.3, -0.25) is 14.4 Å². The van der Waals surface area contributed by atoms with Gasteiger partial charge in [0, 0.05) is 41.3 Å². The van der Waals surface area contributed by atoms with Gasteiger partial charge in [-0.05, 0) is 73.5 Å². The first-order valence-electron chi connectivity index (χ1n) is 13.0. The summed E-state index contributed by atoms with van der Waals surface area (Å²) in [5, 5.41) is 8.80. The molecule has 0 saturated heterocycles. The highest BCUT2D eigenvalue weighted by Crippen LogP contribution is 2.19. The molecular weight excluding hydrogens is 488 g/mol. The highest BCUT2D eigenvalue weighted by Gasteiger charge is 2.15. The van der Waals surface area contributed by atoms with E-state index in [0.29, 0.717) is 36.3 Å². The summed E-state index contributed by atoms with van der Waals surface area (Å²) in [6.07, 6.45) is 1.03. The molecule has 4 aromatic carbocycles. The Morgan fingerprint density at radius 2 is 1.28 bits per heavy atom. The van der Waals surface area contributed by atoms with E-state index in [1.54, 1.807) is 53.4 Å². The summed E-state index contributed by atoms with van der Waals surface area (Å²) < 4.78 is 0. The summed E-state index contributed by atoms with van der Waals surface area (Å²) in [6, 6.07) is 33.5. The van der Waals surface area contributed by atoms with Crippen LogP contribution in [0.2, 0.25) is 0 Å². The molecule has 0 atom stereocenters. The number of amides is 3. The van der Waals surface area contributed by atoms with E-state index in [9.17, 15) is 14.4 Å². The van der Waals surface area contributed by atoms with Crippen LogP contribution in [0.3, 0.4) is 0 Å². The van der Waals surface area contributed by atoms with Gasteiger partial charge in [0.1, 0.15) is 0 Å². The smallest absolute Gasteiger partial charge is 0.258 e. The van der Waals surface area contributed by atoms with Crippen molar-refractivity contribution >= 4 is 40.5 Å². The number of hydrogen-bond acceptors (Lipinski definition) is 4. The Morgan fingerprint density at radius 3 is 1.92 bits per heavy atom. The summed E-state index contributed by atoms with van der Waals surface area (Å²) in [4.78, 5) is 39.5. The summed E-state index contributed by atoms with van der Waals surface area (Å²) in [6.45, 7) is 2.54. The lowest BCUT2D eigenvalue weighted by Gasteiger charge is -2.21. The predicted molar refractivity (Wildman–Crippen MR) is 157 cm³/mol. The molecule has 3 N–H and O–H groups in total. The molecule has 4 rings (SSSR count). The van der Waals surface area contributed by atoms with Crippen LogP contribution in [-0.4, -0.2) is 30.8 Å². The van der Waals surface area contributed by atoms with Gasteiger partial charge in [0.05, 0.1) is 6.54 Å². The monoisotopic (exact) mass is 520 g/mol. The minimum Gasteiger partial charge on any atom is -0.376 e. The summed E-state index contributed by atoms with van der Waals surface area (Å²) in [5.41, 5.74) is 4.46. The highest BCUT2D eigenvalue weighted by molar-refractivity contribution is 6.06. The third-order valence-corrected chi connectivity index (χ3v) is 6.13. The van der Waals surface area contributed by atoms with Crippen LogP contribution >= 0.6 is 0 Å². The van der Waals surface area contributed by atoms with Crippen LogP contribution in [0.4, 0.5) is 22.7 Å². The topological polar surface area (TPSA) is 90.5 Å². The molecule has 0 spiro atoms. The Bertz CT molecular complexity index is 1390. The van der Waals surface area contributed by atoms with E-state index >= 15 is 0 Å². The van der Waals surface area contributed by atoms with Crippen LogP contribution in [0.5, 0.6) is 0 Å². The molecule has 0 radical (unpaired) electrons.